The number of benzene rings is 1. The summed E-state index contributed by atoms with van der Waals surface area (Å²) in [6, 6.07) is 13.9. The van der Waals surface area contributed by atoms with E-state index in [4.69, 9.17) is 0 Å². The minimum absolute atomic E-state index is 0.159. The molecule has 26 heavy (non-hydrogen) atoms. The van der Waals surface area contributed by atoms with Crippen LogP contribution in [0, 0.1) is 5.82 Å². The van der Waals surface area contributed by atoms with Crippen molar-refractivity contribution in [2.45, 2.75) is 18.9 Å². The average molecular weight is 350 g/mol. The number of aromatic nitrogens is 3. The van der Waals surface area contributed by atoms with Crippen molar-refractivity contribution >= 4 is 0 Å². The molecule has 6 heteroatoms. The second kappa shape index (κ2) is 7.17. The van der Waals surface area contributed by atoms with Crippen LogP contribution >= 0.6 is 0 Å². The van der Waals surface area contributed by atoms with Crippen molar-refractivity contribution in [1.29, 1.82) is 0 Å². The highest BCUT2D eigenvalue weighted by molar-refractivity contribution is 5.48. The molecule has 3 aromatic rings. The topological polar surface area (TPSA) is 61.9 Å². The molecule has 4 rings (SSSR count). The molecular weight excluding hydrogens is 331 g/mol. The van der Waals surface area contributed by atoms with Crippen molar-refractivity contribution in [3.8, 4) is 11.5 Å². The van der Waals surface area contributed by atoms with Gasteiger partial charge in [0.25, 0.3) is 5.56 Å². The molecule has 0 aliphatic carbocycles. The minimum atomic E-state index is -0.178. The summed E-state index contributed by atoms with van der Waals surface area (Å²) in [5.41, 5.74) is 1.93. The molecule has 2 aromatic heterocycles. The number of likely N-dealkylation sites (tertiary alicyclic amines) is 1. The van der Waals surface area contributed by atoms with Gasteiger partial charge in [0.05, 0.1) is 5.69 Å². The van der Waals surface area contributed by atoms with E-state index in [-0.39, 0.29) is 17.3 Å². The molecule has 132 valence electrons. The third-order valence-corrected chi connectivity index (χ3v) is 4.71. The fraction of sp³-hybridized carbons (Fsp3) is 0.250. The Labute approximate surface area is 150 Å². The second-order valence-electron chi connectivity index (χ2n) is 6.55. The average Bonchev–Trinajstić information content (AvgIpc) is 3.13. The molecule has 0 amide bonds. The number of H-pyrrole nitrogens is 1. The van der Waals surface area contributed by atoms with E-state index in [1.54, 1.807) is 18.3 Å². The van der Waals surface area contributed by atoms with E-state index in [2.05, 4.69) is 19.9 Å². The van der Waals surface area contributed by atoms with Crippen LogP contribution in [0.5, 0.6) is 0 Å². The molecule has 1 aliphatic rings. The molecule has 0 spiro atoms. The summed E-state index contributed by atoms with van der Waals surface area (Å²) in [6.07, 6.45) is 2.57. The first kappa shape index (κ1) is 16.6. The maximum absolute atomic E-state index is 13.9. The first-order chi connectivity index (χ1) is 12.7. The lowest BCUT2D eigenvalue weighted by molar-refractivity contribution is 0.320. The largest absolute Gasteiger partial charge is 0.305 e. The van der Waals surface area contributed by atoms with Crippen LogP contribution in [-0.4, -0.2) is 32.9 Å². The van der Waals surface area contributed by atoms with Crippen molar-refractivity contribution in [1.82, 2.24) is 19.9 Å². The monoisotopic (exact) mass is 350 g/mol. The van der Waals surface area contributed by atoms with Crippen molar-refractivity contribution in [2.75, 3.05) is 13.1 Å². The van der Waals surface area contributed by atoms with Gasteiger partial charge >= 0.3 is 0 Å². The smallest absolute Gasteiger partial charge is 0.251 e. The third-order valence-electron chi connectivity index (χ3n) is 4.71. The van der Waals surface area contributed by atoms with Crippen LogP contribution in [0.15, 0.2) is 59.5 Å². The van der Waals surface area contributed by atoms with E-state index in [0.29, 0.717) is 23.6 Å². The Kier molecular flexibility index (Phi) is 4.58. The molecular formula is C20H19FN4O. The summed E-state index contributed by atoms with van der Waals surface area (Å²) in [4.78, 5) is 25.9. The van der Waals surface area contributed by atoms with E-state index in [1.807, 2.05) is 30.3 Å². The van der Waals surface area contributed by atoms with Crippen LogP contribution < -0.4 is 5.56 Å². The lowest BCUT2D eigenvalue weighted by atomic mass is 10.0. The van der Waals surface area contributed by atoms with Gasteiger partial charge in [-0.2, -0.15) is 0 Å². The van der Waals surface area contributed by atoms with Gasteiger partial charge in [-0.3, -0.25) is 14.7 Å². The number of rotatable bonds is 4. The van der Waals surface area contributed by atoms with E-state index in [0.717, 1.165) is 25.2 Å². The van der Waals surface area contributed by atoms with E-state index in [1.165, 1.54) is 6.07 Å². The Morgan fingerprint density at radius 2 is 2.04 bits per heavy atom. The summed E-state index contributed by atoms with van der Waals surface area (Å²) < 4.78 is 13.9. The van der Waals surface area contributed by atoms with Crippen LogP contribution in [0.25, 0.3) is 11.5 Å². The van der Waals surface area contributed by atoms with Crippen LogP contribution in [0.4, 0.5) is 4.39 Å². The van der Waals surface area contributed by atoms with Crippen LogP contribution in [0.3, 0.4) is 0 Å². The van der Waals surface area contributed by atoms with Crippen LogP contribution in [0.2, 0.25) is 0 Å². The van der Waals surface area contributed by atoms with Crippen molar-refractivity contribution < 1.29 is 4.39 Å². The third kappa shape index (κ3) is 3.55. The molecule has 3 heterocycles. The molecule has 1 saturated heterocycles. The molecule has 5 nitrogen and oxygen atoms in total. The van der Waals surface area contributed by atoms with Crippen molar-refractivity contribution in [3.05, 3.63) is 82.2 Å². The summed E-state index contributed by atoms with van der Waals surface area (Å²) >= 11 is 0. The van der Waals surface area contributed by atoms with Crippen molar-refractivity contribution in [2.24, 2.45) is 0 Å². The highest BCUT2D eigenvalue weighted by atomic mass is 19.1. The van der Waals surface area contributed by atoms with Gasteiger partial charge in [-0.25, -0.2) is 9.37 Å². The summed E-state index contributed by atoms with van der Waals surface area (Å²) in [6.45, 7) is 2.18. The zero-order valence-electron chi connectivity index (χ0n) is 14.2. The zero-order valence-corrected chi connectivity index (χ0v) is 14.2. The molecule has 1 atom stereocenters. The van der Waals surface area contributed by atoms with Gasteiger partial charge in [0, 0.05) is 36.8 Å². The molecule has 1 fully saturated rings. The highest BCUT2D eigenvalue weighted by Gasteiger charge is 2.26. The molecule has 1 aromatic carbocycles. The summed E-state index contributed by atoms with van der Waals surface area (Å²) in [5.74, 6) is 0.467. The number of halogens is 1. The fourth-order valence-corrected chi connectivity index (χ4v) is 3.39. The van der Waals surface area contributed by atoms with Gasteiger partial charge in [0.15, 0.2) is 5.82 Å². The predicted molar refractivity (Wildman–Crippen MR) is 97.1 cm³/mol. The Balaban J connectivity index is 1.53. The lowest BCUT2D eigenvalue weighted by Gasteiger charge is -2.16. The lowest BCUT2D eigenvalue weighted by Crippen LogP contribution is -2.21. The number of nitrogens with zero attached hydrogens (tertiary/aromatic N) is 3. The van der Waals surface area contributed by atoms with Crippen molar-refractivity contribution in [3.63, 3.8) is 0 Å². The second-order valence-corrected chi connectivity index (χ2v) is 6.55. The summed E-state index contributed by atoms with van der Waals surface area (Å²) in [7, 11) is 0. The van der Waals surface area contributed by atoms with Gasteiger partial charge in [-0.1, -0.05) is 24.3 Å². The molecule has 0 unspecified atom stereocenters. The number of nitrogens with one attached hydrogen (secondary N) is 1. The number of hydrogen-bond donors (Lipinski definition) is 1. The SMILES string of the molecule is O=c1cc([C@@H]2CCN(Cc3ccccc3F)C2)nc(-c2ccccn2)[nH]1. The first-order valence-electron chi connectivity index (χ1n) is 8.67. The van der Waals surface area contributed by atoms with Gasteiger partial charge in [0.2, 0.25) is 0 Å². The molecule has 0 bridgehead atoms. The number of aromatic amines is 1. The molecule has 0 saturated carbocycles. The van der Waals surface area contributed by atoms with Gasteiger partial charge < -0.3 is 4.98 Å². The summed E-state index contributed by atoms with van der Waals surface area (Å²) in [5, 5.41) is 0. The maximum Gasteiger partial charge on any atom is 0.251 e. The van der Waals surface area contributed by atoms with E-state index in [9.17, 15) is 9.18 Å². The van der Waals surface area contributed by atoms with Crippen LogP contribution in [-0.2, 0) is 6.54 Å². The predicted octanol–water partition coefficient (Wildman–Crippen LogP) is 2.96. The Hall–Kier alpha value is -2.86. The van der Waals surface area contributed by atoms with Crippen LogP contribution in [0.1, 0.15) is 23.6 Å². The van der Waals surface area contributed by atoms with Gasteiger partial charge in [0.1, 0.15) is 11.5 Å². The number of pyridine rings is 1. The zero-order chi connectivity index (χ0) is 17.9. The fourth-order valence-electron chi connectivity index (χ4n) is 3.39. The minimum Gasteiger partial charge on any atom is -0.305 e. The molecule has 0 radical (unpaired) electrons. The normalized spacial score (nSPS) is 17.5. The molecule has 1 N–H and O–H groups in total. The van der Waals surface area contributed by atoms with E-state index >= 15 is 0 Å². The Bertz CT molecular complexity index is 957. The number of hydrogen-bond acceptors (Lipinski definition) is 4. The maximum atomic E-state index is 13.9. The quantitative estimate of drug-likeness (QED) is 0.786. The van der Waals surface area contributed by atoms with Gasteiger partial charge in [-0.05, 0) is 31.2 Å². The Morgan fingerprint density at radius 1 is 1.19 bits per heavy atom. The Morgan fingerprint density at radius 3 is 2.85 bits per heavy atom. The van der Waals surface area contributed by atoms with Gasteiger partial charge in [-0.15, -0.1) is 0 Å². The standard InChI is InChI=1S/C20H19FN4O/c21-16-6-2-1-5-14(16)12-25-10-8-15(13-25)18-11-19(26)24-20(23-18)17-7-3-4-9-22-17/h1-7,9,11,15H,8,10,12-13H2,(H,23,24,26)/t15-/m1/s1. The highest BCUT2D eigenvalue weighted by Crippen LogP contribution is 2.27. The van der Waals surface area contributed by atoms with E-state index < -0.39 is 0 Å². The first-order valence-corrected chi connectivity index (χ1v) is 8.67. The molecule has 1 aliphatic heterocycles.